The lowest BCUT2D eigenvalue weighted by Crippen LogP contribution is -2.50. The molecule has 31 heavy (non-hydrogen) atoms. The van der Waals surface area contributed by atoms with Gasteiger partial charge in [-0.3, -0.25) is 19.7 Å². The van der Waals surface area contributed by atoms with Crippen LogP contribution in [0.4, 0.5) is 10.1 Å². The zero-order valence-corrected chi connectivity index (χ0v) is 17.4. The first-order valence-electron chi connectivity index (χ1n) is 10.4. The number of nitro groups is 1. The Bertz CT molecular complexity index is 959. The third-order valence-corrected chi connectivity index (χ3v) is 5.70. The SMILES string of the molecule is C[C@@H](C(=O)NC1CCCC1)N(Cc1ccccc1F)C(=O)Cc1ccccc1[N+](=O)[O-]. The Balaban J connectivity index is 1.84. The van der Waals surface area contributed by atoms with Gasteiger partial charge in [0, 0.05) is 29.8 Å². The summed E-state index contributed by atoms with van der Waals surface area (Å²) in [6, 6.07) is 11.3. The molecule has 0 heterocycles. The third-order valence-electron chi connectivity index (χ3n) is 5.70. The summed E-state index contributed by atoms with van der Waals surface area (Å²) in [6.07, 6.45) is 3.64. The van der Waals surface area contributed by atoms with Crippen molar-refractivity contribution in [1.82, 2.24) is 10.2 Å². The molecule has 1 aliphatic rings. The van der Waals surface area contributed by atoms with E-state index in [0.717, 1.165) is 25.7 Å². The van der Waals surface area contributed by atoms with E-state index in [9.17, 15) is 24.1 Å². The molecule has 1 saturated carbocycles. The van der Waals surface area contributed by atoms with Crippen molar-refractivity contribution >= 4 is 17.5 Å². The molecule has 0 bridgehead atoms. The molecule has 0 saturated heterocycles. The predicted molar refractivity (Wildman–Crippen MR) is 114 cm³/mol. The van der Waals surface area contributed by atoms with E-state index in [1.54, 1.807) is 31.2 Å². The monoisotopic (exact) mass is 427 g/mol. The van der Waals surface area contributed by atoms with Crippen molar-refractivity contribution in [3.63, 3.8) is 0 Å². The van der Waals surface area contributed by atoms with Gasteiger partial charge in [-0.25, -0.2) is 4.39 Å². The quantitative estimate of drug-likeness (QED) is 0.513. The van der Waals surface area contributed by atoms with Gasteiger partial charge in [-0.1, -0.05) is 49.2 Å². The van der Waals surface area contributed by atoms with E-state index in [2.05, 4.69) is 5.32 Å². The summed E-state index contributed by atoms with van der Waals surface area (Å²) in [5.41, 5.74) is 0.364. The van der Waals surface area contributed by atoms with Crippen molar-refractivity contribution in [2.75, 3.05) is 0 Å². The van der Waals surface area contributed by atoms with Crippen molar-refractivity contribution < 1.29 is 18.9 Å². The second-order valence-electron chi connectivity index (χ2n) is 7.84. The Hall–Kier alpha value is -3.29. The maximum atomic E-state index is 14.3. The van der Waals surface area contributed by atoms with Gasteiger partial charge in [0.1, 0.15) is 11.9 Å². The maximum Gasteiger partial charge on any atom is 0.273 e. The van der Waals surface area contributed by atoms with Gasteiger partial charge in [0.2, 0.25) is 11.8 Å². The standard InChI is InChI=1S/C23H26FN3O4/c1-16(23(29)25-19-10-4-5-11-19)26(15-18-9-2-6-12-20(18)24)22(28)14-17-8-3-7-13-21(17)27(30)31/h2-3,6-9,12-13,16,19H,4-5,10-11,14-15H2,1H3,(H,25,29)/t16-/m0/s1. The lowest BCUT2D eigenvalue weighted by molar-refractivity contribution is -0.385. The fourth-order valence-corrected chi connectivity index (χ4v) is 3.89. The molecule has 1 N–H and O–H groups in total. The molecule has 0 aliphatic heterocycles. The number of hydrogen-bond donors (Lipinski definition) is 1. The van der Waals surface area contributed by atoms with E-state index in [1.165, 1.54) is 29.2 Å². The molecular weight excluding hydrogens is 401 g/mol. The number of carbonyl (C=O) groups excluding carboxylic acids is 2. The largest absolute Gasteiger partial charge is 0.352 e. The van der Waals surface area contributed by atoms with E-state index < -0.39 is 22.7 Å². The molecule has 1 atom stereocenters. The molecule has 2 aromatic rings. The normalized spacial score (nSPS) is 14.8. The van der Waals surface area contributed by atoms with Gasteiger partial charge in [0.25, 0.3) is 5.69 Å². The number of nitro benzene ring substituents is 1. The summed E-state index contributed by atoms with van der Waals surface area (Å²) in [4.78, 5) is 38.1. The summed E-state index contributed by atoms with van der Waals surface area (Å²) in [7, 11) is 0. The molecule has 8 heteroatoms. The van der Waals surface area contributed by atoms with Crippen molar-refractivity contribution in [2.24, 2.45) is 0 Å². The van der Waals surface area contributed by atoms with Gasteiger partial charge in [-0.15, -0.1) is 0 Å². The van der Waals surface area contributed by atoms with Crippen LogP contribution in [0.3, 0.4) is 0 Å². The van der Waals surface area contributed by atoms with Crippen LogP contribution in [0.2, 0.25) is 0 Å². The first-order valence-corrected chi connectivity index (χ1v) is 10.4. The highest BCUT2D eigenvalue weighted by Crippen LogP contribution is 2.22. The summed E-state index contributed by atoms with van der Waals surface area (Å²) >= 11 is 0. The van der Waals surface area contributed by atoms with Crippen LogP contribution in [0.25, 0.3) is 0 Å². The second kappa shape index (κ2) is 10.1. The van der Waals surface area contributed by atoms with Crippen LogP contribution in [-0.2, 0) is 22.6 Å². The van der Waals surface area contributed by atoms with Crippen LogP contribution in [-0.4, -0.2) is 33.7 Å². The minimum atomic E-state index is -0.851. The maximum absolute atomic E-state index is 14.3. The minimum Gasteiger partial charge on any atom is -0.352 e. The number of nitrogens with one attached hydrogen (secondary N) is 1. The molecule has 0 aromatic heterocycles. The van der Waals surface area contributed by atoms with Crippen LogP contribution in [0, 0.1) is 15.9 Å². The van der Waals surface area contributed by atoms with Gasteiger partial charge in [0.05, 0.1) is 11.3 Å². The van der Waals surface area contributed by atoms with Gasteiger partial charge >= 0.3 is 0 Å². The number of nitrogens with zero attached hydrogens (tertiary/aromatic N) is 2. The minimum absolute atomic E-state index is 0.0792. The van der Waals surface area contributed by atoms with Crippen molar-refractivity contribution in [2.45, 2.75) is 57.7 Å². The Morgan fingerprint density at radius 3 is 2.39 bits per heavy atom. The van der Waals surface area contributed by atoms with E-state index in [4.69, 9.17) is 0 Å². The zero-order chi connectivity index (χ0) is 22.4. The van der Waals surface area contributed by atoms with Crippen LogP contribution in [0.1, 0.15) is 43.7 Å². The molecule has 3 rings (SSSR count). The molecular formula is C23H26FN3O4. The van der Waals surface area contributed by atoms with Crippen LogP contribution in [0.5, 0.6) is 0 Å². The highest BCUT2D eigenvalue weighted by molar-refractivity contribution is 5.88. The summed E-state index contributed by atoms with van der Waals surface area (Å²) in [5, 5.41) is 14.3. The van der Waals surface area contributed by atoms with Gasteiger partial charge < -0.3 is 10.2 Å². The highest BCUT2D eigenvalue weighted by atomic mass is 19.1. The highest BCUT2D eigenvalue weighted by Gasteiger charge is 2.30. The molecule has 0 radical (unpaired) electrons. The first-order chi connectivity index (χ1) is 14.9. The summed E-state index contributed by atoms with van der Waals surface area (Å²) in [6.45, 7) is 1.49. The Morgan fingerprint density at radius 1 is 1.13 bits per heavy atom. The zero-order valence-electron chi connectivity index (χ0n) is 17.4. The van der Waals surface area contributed by atoms with Gasteiger partial charge in [-0.05, 0) is 25.8 Å². The van der Waals surface area contributed by atoms with E-state index in [0.29, 0.717) is 0 Å². The Morgan fingerprint density at radius 2 is 1.74 bits per heavy atom. The first kappa shape index (κ1) is 22.4. The van der Waals surface area contributed by atoms with Crippen molar-refractivity contribution in [3.8, 4) is 0 Å². The molecule has 1 aliphatic carbocycles. The molecule has 7 nitrogen and oxygen atoms in total. The predicted octanol–water partition coefficient (Wildman–Crippen LogP) is 3.75. The molecule has 2 amide bonds. The number of amides is 2. The Kier molecular flexibility index (Phi) is 7.33. The topological polar surface area (TPSA) is 92.6 Å². The smallest absolute Gasteiger partial charge is 0.273 e. The van der Waals surface area contributed by atoms with Crippen molar-refractivity contribution in [1.29, 1.82) is 0 Å². The van der Waals surface area contributed by atoms with Crippen LogP contribution < -0.4 is 5.32 Å². The lowest BCUT2D eigenvalue weighted by Gasteiger charge is -2.30. The molecule has 1 fully saturated rings. The number of hydrogen-bond acceptors (Lipinski definition) is 4. The number of benzene rings is 2. The average molecular weight is 427 g/mol. The number of halogens is 1. The number of carbonyl (C=O) groups is 2. The van der Waals surface area contributed by atoms with E-state index in [-0.39, 0.29) is 41.7 Å². The second-order valence-corrected chi connectivity index (χ2v) is 7.84. The fourth-order valence-electron chi connectivity index (χ4n) is 3.89. The molecule has 0 spiro atoms. The fraction of sp³-hybridized carbons (Fsp3) is 0.391. The molecule has 2 aromatic carbocycles. The number of para-hydroxylation sites is 1. The van der Waals surface area contributed by atoms with E-state index in [1.807, 2.05) is 0 Å². The van der Waals surface area contributed by atoms with Gasteiger partial charge in [-0.2, -0.15) is 0 Å². The van der Waals surface area contributed by atoms with Gasteiger partial charge in [0.15, 0.2) is 0 Å². The lowest BCUT2D eigenvalue weighted by atomic mass is 10.1. The van der Waals surface area contributed by atoms with Crippen molar-refractivity contribution in [3.05, 3.63) is 75.6 Å². The molecule has 164 valence electrons. The number of rotatable bonds is 8. The average Bonchev–Trinajstić information content (AvgIpc) is 3.25. The van der Waals surface area contributed by atoms with Crippen LogP contribution >= 0.6 is 0 Å². The third kappa shape index (κ3) is 5.65. The summed E-state index contributed by atoms with van der Waals surface area (Å²) < 4.78 is 14.3. The van der Waals surface area contributed by atoms with E-state index >= 15 is 0 Å². The van der Waals surface area contributed by atoms with Crippen LogP contribution in [0.15, 0.2) is 48.5 Å². The molecule has 0 unspecified atom stereocenters. The Labute approximate surface area is 180 Å². The summed E-state index contributed by atoms with van der Waals surface area (Å²) in [5.74, 6) is -1.26.